The lowest BCUT2D eigenvalue weighted by Gasteiger charge is -2.16. The third-order valence-electron chi connectivity index (χ3n) is 3.33. The Labute approximate surface area is 160 Å². The number of hydrogen-bond acceptors (Lipinski definition) is 9. The van der Waals surface area contributed by atoms with Crippen LogP contribution in [0.1, 0.15) is 23.7 Å². The van der Waals surface area contributed by atoms with E-state index in [1.54, 1.807) is 0 Å². The van der Waals surface area contributed by atoms with Crippen LogP contribution in [-0.2, 0) is 23.8 Å². The summed E-state index contributed by atoms with van der Waals surface area (Å²) in [5, 5.41) is 4.52. The number of ketones is 1. The molecule has 0 saturated carbocycles. The van der Waals surface area contributed by atoms with E-state index < -0.39 is 42.4 Å². The van der Waals surface area contributed by atoms with Crippen LogP contribution < -0.4 is 15.4 Å². The molecule has 1 atom stereocenters. The first kappa shape index (κ1) is 22.4. The van der Waals surface area contributed by atoms with Crippen LogP contribution in [0.25, 0.3) is 0 Å². The van der Waals surface area contributed by atoms with Gasteiger partial charge in [-0.25, -0.2) is 14.4 Å². The number of rotatable bonds is 7. The summed E-state index contributed by atoms with van der Waals surface area (Å²) in [6.45, 7) is 1.18. The number of ether oxygens (including phenoxy) is 4. The predicted octanol–water partition coefficient (Wildman–Crippen LogP) is 1.26. The molecule has 0 aromatic heterocycles. The number of carbonyl (C=O) groups excluding carboxylic acids is 5. The summed E-state index contributed by atoms with van der Waals surface area (Å²) in [6, 6.07) is 2.55. The summed E-state index contributed by atoms with van der Waals surface area (Å²) >= 11 is 0. The molecule has 1 rings (SSSR count). The first-order valence-corrected chi connectivity index (χ1v) is 7.84. The first-order chi connectivity index (χ1) is 13.2. The van der Waals surface area contributed by atoms with Crippen LogP contribution in [0.5, 0.6) is 5.75 Å². The number of anilines is 1. The van der Waals surface area contributed by atoms with E-state index in [4.69, 9.17) is 4.74 Å². The number of alkyl carbamates (subject to hydrolysis) is 1. The van der Waals surface area contributed by atoms with Gasteiger partial charge in [0, 0.05) is 18.9 Å². The third kappa shape index (κ3) is 6.59. The lowest BCUT2D eigenvalue weighted by atomic mass is 10.0. The predicted molar refractivity (Wildman–Crippen MR) is 94.1 cm³/mol. The van der Waals surface area contributed by atoms with Gasteiger partial charge < -0.3 is 24.3 Å². The zero-order chi connectivity index (χ0) is 21.3. The quantitative estimate of drug-likeness (QED) is 0.301. The lowest BCUT2D eigenvalue weighted by Crippen LogP contribution is -2.43. The van der Waals surface area contributed by atoms with Crippen LogP contribution in [0.4, 0.5) is 15.3 Å². The van der Waals surface area contributed by atoms with E-state index in [1.165, 1.54) is 25.1 Å². The SMILES string of the molecule is COC(=O)Nc1ccc(OC(C)=O)cc1C(=O)CC(NC(=O)OC)C(=O)OC. The molecule has 0 saturated heterocycles. The fraction of sp³-hybridized carbons (Fsp3) is 0.353. The lowest BCUT2D eigenvalue weighted by molar-refractivity contribution is -0.143. The standard InChI is InChI=1S/C17H20N2O9/c1-9(20)28-10-5-6-12(18-16(23)26-3)11(7-10)14(21)8-13(15(22)25-2)19-17(24)27-4/h5-7,13H,8H2,1-4H3,(H,18,23)(H,19,24). The van der Waals surface area contributed by atoms with Crippen LogP contribution in [0.3, 0.4) is 0 Å². The van der Waals surface area contributed by atoms with Gasteiger partial charge in [0.25, 0.3) is 0 Å². The average Bonchev–Trinajstić information content (AvgIpc) is 2.66. The molecule has 152 valence electrons. The molecule has 0 radical (unpaired) electrons. The van der Waals surface area contributed by atoms with Crippen LogP contribution >= 0.6 is 0 Å². The van der Waals surface area contributed by atoms with E-state index in [0.717, 1.165) is 21.3 Å². The Hall–Kier alpha value is -3.63. The Bertz CT molecular complexity index is 776. The van der Waals surface area contributed by atoms with Gasteiger partial charge in [-0.15, -0.1) is 0 Å². The van der Waals surface area contributed by atoms with Crippen molar-refractivity contribution in [3.63, 3.8) is 0 Å². The van der Waals surface area contributed by atoms with Gasteiger partial charge in [-0.2, -0.15) is 0 Å². The van der Waals surface area contributed by atoms with Crippen LogP contribution in [0.15, 0.2) is 18.2 Å². The highest BCUT2D eigenvalue weighted by Crippen LogP contribution is 2.25. The number of amides is 2. The van der Waals surface area contributed by atoms with E-state index in [-0.39, 0.29) is 17.0 Å². The first-order valence-electron chi connectivity index (χ1n) is 7.84. The topological polar surface area (TPSA) is 146 Å². The molecule has 0 aliphatic heterocycles. The zero-order valence-electron chi connectivity index (χ0n) is 15.7. The Balaban J connectivity index is 3.21. The Morgan fingerprint density at radius 3 is 2.14 bits per heavy atom. The van der Waals surface area contributed by atoms with Gasteiger partial charge in [0.2, 0.25) is 0 Å². The minimum atomic E-state index is -1.34. The highest BCUT2D eigenvalue weighted by molar-refractivity contribution is 6.06. The second-order valence-electron chi connectivity index (χ2n) is 5.26. The Morgan fingerprint density at radius 2 is 1.61 bits per heavy atom. The molecule has 1 unspecified atom stereocenters. The van der Waals surface area contributed by atoms with Crippen molar-refractivity contribution in [2.24, 2.45) is 0 Å². The van der Waals surface area contributed by atoms with Crippen molar-refractivity contribution in [2.45, 2.75) is 19.4 Å². The summed E-state index contributed by atoms with van der Waals surface area (Å²) in [5.74, 6) is -2.11. The van der Waals surface area contributed by atoms with Crippen molar-refractivity contribution < 1.29 is 42.9 Å². The molecule has 2 amide bonds. The fourth-order valence-electron chi connectivity index (χ4n) is 2.09. The van der Waals surface area contributed by atoms with Crippen molar-refractivity contribution >= 4 is 35.6 Å². The van der Waals surface area contributed by atoms with E-state index in [1.807, 2.05) is 0 Å². The summed E-state index contributed by atoms with van der Waals surface area (Å²) < 4.78 is 18.4. The maximum Gasteiger partial charge on any atom is 0.411 e. The van der Waals surface area contributed by atoms with Gasteiger partial charge in [-0.1, -0.05) is 0 Å². The molecule has 0 fully saturated rings. The largest absolute Gasteiger partial charge is 0.467 e. The van der Waals surface area contributed by atoms with E-state index in [0.29, 0.717) is 0 Å². The molecular weight excluding hydrogens is 376 g/mol. The monoisotopic (exact) mass is 396 g/mol. The van der Waals surface area contributed by atoms with Crippen LogP contribution in [-0.4, -0.2) is 57.3 Å². The second-order valence-corrected chi connectivity index (χ2v) is 5.26. The normalized spacial score (nSPS) is 10.9. The highest BCUT2D eigenvalue weighted by atomic mass is 16.5. The number of hydrogen-bond donors (Lipinski definition) is 2. The minimum Gasteiger partial charge on any atom is -0.467 e. The van der Waals surface area contributed by atoms with Gasteiger partial charge >= 0.3 is 24.1 Å². The Morgan fingerprint density at radius 1 is 0.964 bits per heavy atom. The van der Waals surface area contributed by atoms with Crippen LogP contribution in [0.2, 0.25) is 0 Å². The molecule has 2 N–H and O–H groups in total. The molecular formula is C17H20N2O9. The molecule has 28 heavy (non-hydrogen) atoms. The second kappa shape index (κ2) is 10.5. The van der Waals surface area contributed by atoms with Gasteiger partial charge in [-0.05, 0) is 18.2 Å². The number of Topliss-reactive ketones (excluding diaryl/α,β-unsaturated/α-hetero) is 1. The maximum atomic E-state index is 12.7. The zero-order valence-corrected chi connectivity index (χ0v) is 15.7. The van der Waals surface area contributed by atoms with Gasteiger partial charge in [0.15, 0.2) is 5.78 Å². The number of carbonyl (C=O) groups is 5. The number of benzene rings is 1. The van der Waals surface area contributed by atoms with E-state index >= 15 is 0 Å². The summed E-state index contributed by atoms with van der Waals surface area (Å²) in [6.07, 6.45) is -2.29. The summed E-state index contributed by atoms with van der Waals surface area (Å²) in [4.78, 5) is 58.6. The summed E-state index contributed by atoms with van der Waals surface area (Å²) in [7, 11) is 3.31. The molecule has 0 bridgehead atoms. The van der Waals surface area contributed by atoms with Crippen molar-refractivity contribution in [1.82, 2.24) is 5.32 Å². The van der Waals surface area contributed by atoms with Crippen molar-refractivity contribution in [3.8, 4) is 5.75 Å². The van der Waals surface area contributed by atoms with E-state index in [2.05, 4.69) is 24.8 Å². The smallest absolute Gasteiger partial charge is 0.411 e. The molecule has 0 aliphatic rings. The molecule has 1 aromatic rings. The number of esters is 2. The maximum absolute atomic E-state index is 12.7. The number of nitrogens with one attached hydrogen (secondary N) is 2. The molecule has 11 heteroatoms. The molecule has 0 aliphatic carbocycles. The van der Waals surface area contributed by atoms with Crippen molar-refractivity contribution in [1.29, 1.82) is 0 Å². The number of methoxy groups -OCH3 is 3. The van der Waals surface area contributed by atoms with Crippen LogP contribution in [0, 0.1) is 0 Å². The molecule has 1 aromatic carbocycles. The minimum absolute atomic E-state index is 0.0433. The molecule has 11 nitrogen and oxygen atoms in total. The van der Waals surface area contributed by atoms with Crippen molar-refractivity contribution in [2.75, 3.05) is 26.6 Å². The Kier molecular flexibility index (Phi) is 8.41. The molecule has 0 spiro atoms. The summed E-state index contributed by atoms with van der Waals surface area (Å²) in [5.41, 5.74) is -0.0286. The average molecular weight is 396 g/mol. The fourth-order valence-corrected chi connectivity index (χ4v) is 2.09. The van der Waals surface area contributed by atoms with Gasteiger partial charge in [0.05, 0.1) is 27.0 Å². The third-order valence-corrected chi connectivity index (χ3v) is 3.33. The van der Waals surface area contributed by atoms with Gasteiger partial charge in [0.1, 0.15) is 11.8 Å². The van der Waals surface area contributed by atoms with Gasteiger partial charge in [-0.3, -0.25) is 14.9 Å². The van der Waals surface area contributed by atoms with E-state index in [9.17, 15) is 24.0 Å². The van der Waals surface area contributed by atoms with Crippen molar-refractivity contribution in [3.05, 3.63) is 23.8 Å². The highest BCUT2D eigenvalue weighted by Gasteiger charge is 2.27. The molecule has 0 heterocycles.